The molecule has 0 aliphatic carbocycles. The normalized spacial score (nSPS) is 20.8. The van der Waals surface area contributed by atoms with E-state index >= 15 is 0 Å². The molecule has 2 unspecified atom stereocenters. The molecule has 2 heterocycles. The van der Waals surface area contributed by atoms with Crippen LogP contribution in [-0.2, 0) is 11.6 Å². The van der Waals surface area contributed by atoms with E-state index in [2.05, 4.69) is 10.3 Å². The van der Waals surface area contributed by atoms with Gasteiger partial charge in [-0.1, -0.05) is 18.2 Å². The number of imidazole rings is 1. The zero-order valence-electron chi connectivity index (χ0n) is 17.4. The molecule has 0 bridgehead atoms. The number of anilines is 1. The predicted molar refractivity (Wildman–Crippen MR) is 112 cm³/mol. The number of carbonyl (C=O) groups is 2. The molecule has 1 aliphatic heterocycles. The second-order valence-corrected chi connectivity index (χ2v) is 7.69. The van der Waals surface area contributed by atoms with E-state index in [1.54, 1.807) is 31.2 Å². The Morgan fingerprint density at radius 2 is 1.97 bits per heavy atom. The fraction of sp³-hybridized carbons (Fsp3) is 0.217. The van der Waals surface area contributed by atoms with Gasteiger partial charge in [-0.25, -0.2) is 9.78 Å². The highest BCUT2D eigenvalue weighted by Gasteiger charge is 2.53. The van der Waals surface area contributed by atoms with Crippen LogP contribution in [0, 0.1) is 11.3 Å². The van der Waals surface area contributed by atoms with E-state index in [0.717, 1.165) is 17.0 Å². The van der Waals surface area contributed by atoms with Crippen molar-refractivity contribution in [3.05, 3.63) is 83.9 Å². The van der Waals surface area contributed by atoms with E-state index in [4.69, 9.17) is 5.26 Å². The average Bonchev–Trinajstić information content (AvgIpc) is 3.34. The van der Waals surface area contributed by atoms with E-state index in [0.29, 0.717) is 11.1 Å². The van der Waals surface area contributed by atoms with Crippen molar-refractivity contribution in [2.24, 2.45) is 0 Å². The number of alkyl halides is 3. The lowest BCUT2D eigenvalue weighted by Crippen LogP contribution is -2.68. The van der Waals surface area contributed by atoms with Gasteiger partial charge in [0.15, 0.2) is 0 Å². The van der Waals surface area contributed by atoms with E-state index in [9.17, 15) is 22.8 Å². The fourth-order valence-corrected chi connectivity index (χ4v) is 4.19. The lowest BCUT2D eigenvalue weighted by atomic mass is 9.71. The first-order valence-electron chi connectivity index (χ1n) is 9.96. The molecule has 1 aromatic heterocycles. The number of amides is 2. The Kier molecular flexibility index (Phi) is 5.41. The summed E-state index contributed by atoms with van der Waals surface area (Å²) in [5.74, 6) is -0.422. The van der Waals surface area contributed by atoms with Crippen LogP contribution >= 0.6 is 0 Å². The number of benzene rings is 2. The highest BCUT2D eigenvalue weighted by molar-refractivity contribution is 6.00. The number of aromatic nitrogens is 2. The number of halogens is 3. The summed E-state index contributed by atoms with van der Waals surface area (Å²) >= 11 is 0. The predicted octanol–water partition coefficient (Wildman–Crippen LogP) is 3.97. The van der Waals surface area contributed by atoms with Gasteiger partial charge in [0.25, 0.3) is 0 Å². The molecule has 2 amide bonds. The van der Waals surface area contributed by atoms with Gasteiger partial charge < -0.3 is 5.32 Å². The number of rotatable bonds is 3. The second kappa shape index (κ2) is 8.09. The molecule has 10 heteroatoms. The summed E-state index contributed by atoms with van der Waals surface area (Å²) in [7, 11) is 0. The van der Waals surface area contributed by atoms with Crippen molar-refractivity contribution in [1.29, 1.82) is 5.26 Å². The molecule has 168 valence electrons. The first-order chi connectivity index (χ1) is 15.7. The minimum atomic E-state index is -4.59. The maximum atomic E-state index is 13.8. The summed E-state index contributed by atoms with van der Waals surface area (Å²) < 4.78 is 41.2. The summed E-state index contributed by atoms with van der Waals surface area (Å²) in [5, 5.41) is 11.8. The number of nitriles is 1. The Balaban J connectivity index is 1.88. The lowest BCUT2D eigenvalue weighted by molar-refractivity contribution is -0.137. The van der Waals surface area contributed by atoms with Crippen LogP contribution in [-0.4, -0.2) is 34.1 Å². The Morgan fingerprint density at radius 1 is 1.24 bits per heavy atom. The number of hydrogen-bond donors (Lipinski definition) is 1. The summed E-state index contributed by atoms with van der Waals surface area (Å²) in [4.78, 5) is 31.7. The highest BCUT2D eigenvalue weighted by atomic mass is 19.4. The number of nitrogens with zero attached hydrogens (tertiary/aromatic N) is 4. The van der Waals surface area contributed by atoms with Crippen molar-refractivity contribution in [2.75, 3.05) is 11.4 Å². The minimum Gasteiger partial charge on any atom is -0.336 e. The molecule has 1 fully saturated rings. The first-order valence-corrected chi connectivity index (χ1v) is 9.96. The molecule has 0 saturated carbocycles. The van der Waals surface area contributed by atoms with Crippen molar-refractivity contribution < 1.29 is 22.8 Å². The molecule has 2 aromatic carbocycles. The maximum absolute atomic E-state index is 13.8. The summed E-state index contributed by atoms with van der Waals surface area (Å²) in [5.41, 5.74) is -1.39. The third kappa shape index (κ3) is 3.71. The standard InChI is InChI=1S/C23H18F3N5O2/c1-15-22(20(32)30-10-9-28-14-30,17-7-5-16(12-27)6-8-17)13-29-21(33)31(15)19-4-2-3-18(11-19)23(24,25)26/h2-11,14-15H,13H2,1H3,(H,29,33). The Labute approximate surface area is 187 Å². The van der Waals surface area contributed by atoms with Crippen molar-refractivity contribution >= 4 is 17.6 Å². The van der Waals surface area contributed by atoms with Gasteiger partial charge in [-0.15, -0.1) is 0 Å². The fourth-order valence-electron chi connectivity index (χ4n) is 4.19. The van der Waals surface area contributed by atoms with Crippen molar-refractivity contribution in [1.82, 2.24) is 14.9 Å². The first kappa shape index (κ1) is 22.1. The molecule has 2 atom stereocenters. The van der Waals surface area contributed by atoms with Gasteiger partial charge in [0.1, 0.15) is 11.7 Å². The smallest absolute Gasteiger partial charge is 0.336 e. The second-order valence-electron chi connectivity index (χ2n) is 7.69. The van der Waals surface area contributed by atoms with Crippen LogP contribution in [0.4, 0.5) is 23.7 Å². The van der Waals surface area contributed by atoms with Crippen LogP contribution in [0.5, 0.6) is 0 Å². The summed E-state index contributed by atoms with van der Waals surface area (Å²) in [6.45, 7) is 1.53. The Bertz CT molecular complexity index is 1230. The molecule has 0 spiro atoms. The lowest BCUT2D eigenvalue weighted by Gasteiger charge is -2.47. The largest absolute Gasteiger partial charge is 0.416 e. The monoisotopic (exact) mass is 453 g/mol. The molecule has 1 N–H and O–H groups in total. The zero-order valence-corrected chi connectivity index (χ0v) is 17.4. The van der Waals surface area contributed by atoms with Crippen molar-refractivity contribution in [3.8, 4) is 6.07 Å². The van der Waals surface area contributed by atoms with Crippen LogP contribution in [0.3, 0.4) is 0 Å². The number of carbonyl (C=O) groups excluding carboxylic acids is 2. The third-order valence-corrected chi connectivity index (χ3v) is 5.94. The van der Waals surface area contributed by atoms with Crippen LogP contribution in [0.25, 0.3) is 0 Å². The summed E-state index contributed by atoms with van der Waals surface area (Å²) in [6.07, 6.45) is -0.375. The number of urea groups is 1. The zero-order chi connectivity index (χ0) is 23.8. The third-order valence-electron chi connectivity index (χ3n) is 5.94. The summed E-state index contributed by atoms with van der Waals surface area (Å²) in [6, 6.07) is 11.3. The molecule has 7 nitrogen and oxygen atoms in total. The van der Waals surface area contributed by atoms with E-state index in [1.165, 1.54) is 35.4 Å². The molecule has 0 radical (unpaired) electrons. The molecule has 3 aromatic rings. The van der Waals surface area contributed by atoms with Gasteiger partial charge in [0.05, 0.1) is 23.2 Å². The van der Waals surface area contributed by atoms with Gasteiger partial charge in [-0.3, -0.25) is 14.3 Å². The van der Waals surface area contributed by atoms with Gasteiger partial charge in [-0.05, 0) is 42.8 Å². The average molecular weight is 453 g/mol. The van der Waals surface area contributed by atoms with Gasteiger partial charge in [0.2, 0.25) is 5.91 Å². The number of hydrogen-bond acceptors (Lipinski definition) is 4. The van der Waals surface area contributed by atoms with E-state index in [-0.39, 0.29) is 12.2 Å². The van der Waals surface area contributed by atoms with Crippen molar-refractivity contribution in [2.45, 2.75) is 24.6 Å². The minimum absolute atomic E-state index is 0.00553. The highest BCUT2D eigenvalue weighted by Crippen LogP contribution is 2.39. The van der Waals surface area contributed by atoms with Gasteiger partial charge >= 0.3 is 12.2 Å². The van der Waals surface area contributed by atoms with Gasteiger partial charge in [0, 0.05) is 24.6 Å². The molecule has 1 saturated heterocycles. The van der Waals surface area contributed by atoms with Crippen molar-refractivity contribution in [3.63, 3.8) is 0 Å². The van der Waals surface area contributed by atoms with Gasteiger partial charge in [-0.2, -0.15) is 18.4 Å². The molecule has 4 rings (SSSR count). The van der Waals surface area contributed by atoms with Crippen LogP contribution in [0.2, 0.25) is 0 Å². The van der Waals surface area contributed by atoms with Crippen LogP contribution < -0.4 is 10.2 Å². The maximum Gasteiger partial charge on any atom is 0.416 e. The molecular formula is C23H18F3N5O2. The number of nitrogens with one attached hydrogen (secondary N) is 1. The molecule has 1 aliphatic rings. The molecule has 33 heavy (non-hydrogen) atoms. The van der Waals surface area contributed by atoms with E-state index in [1.807, 2.05) is 6.07 Å². The quantitative estimate of drug-likeness (QED) is 0.650. The van der Waals surface area contributed by atoms with Crippen LogP contribution in [0.1, 0.15) is 28.4 Å². The Morgan fingerprint density at radius 3 is 2.58 bits per heavy atom. The van der Waals surface area contributed by atoms with Crippen LogP contribution in [0.15, 0.2) is 67.3 Å². The topological polar surface area (TPSA) is 91.0 Å². The molecular weight excluding hydrogens is 435 g/mol. The SMILES string of the molecule is CC1N(c2cccc(C(F)(F)F)c2)C(=O)NCC1(C(=O)n1ccnc1)c1ccc(C#N)cc1. The Hall–Kier alpha value is -4.13. The van der Waals surface area contributed by atoms with E-state index < -0.39 is 35.1 Å².